The van der Waals surface area contributed by atoms with Gasteiger partial charge in [0.2, 0.25) is 11.8 Å². The first-order valence-electron chi connectivity index (χ1n) is 8.52. The predicted octanol–water partition coefficient (Wildman–Crippen LogP) is 2.79. The fourth-order valence-electron chi connectivity index (χ4n) is 2.90. The molecular weight excluding hydrogens is 314 g/mol. The minimum absolute atomic E-state index is 0.118. The molecule has 1 aliphatic rings. The lowest BCUT2D eigenvalue weighted by Gasteiger charge is -2.27. The van der Waals surface area contributed by atoms with E-state index in [0.29, 0.717) is 6.54 Å². The van der Waals surface area contributed by atoms with Crippen molar-refractivity contribution in [2.75, 3.05) is 17.2 Å². The zero-order valence-corrected chi connectivity index (χ0v) is 14.6. The number of fused-ring (bicyclic) bond motifs is 1. The second-order valence-electron chi connectivity index (χ2n) is 6.46. The van der Waals surface area contributed by atoms with Crippen LogP contribution in [0.4, 0.5) is 11.4 Å². The molecule has 0 radical (unpaired) electrons. The summed E-state index contributed by atoms with van der Waals surface area (Å²) < 4.78 is 0. The number of rotatable bonds is 5. The van der Waals surface area contributed by atoms with E-state index in [9.17, 15) is 9.59 Å². The van der Waals surface area contributed by atoms with Crippen molar-refractivity contribution in [3.8, 4) is 0 Å². The van der Waals surface area contributed by atoms with E-state index in [2.05, 4.69) is 16.0 Å². The molecule has 3 rings (SSSR count). The maximum atomic E-state index is 12.2. The van der Waals surface area contributed by atoms with E-state index in [0.717, 1.165) is 28.9 Å². The molecule has 1 atom stereocenters. The van der Waals surface area contributed by atoms with Crippen molar-refractivity contribution in [1.29, 1.82) is 0 Å². The van der Waals surface area contributed by atoms with Gasteiger partial charge in [0.05, 0.1) is 17.8 Å². The number of anilines is 2. The molecule has 5 heteroatoms. The molecule has 3 N–H and O–H groups in total. The van der Waals surface area contributed by atoms with Crippen molar-refractivity contribution in [2.24, 2.45) is 0 Å². The summed E-state index contributed by atoms with van der Waals surface area (Å²) in [6, 6.07) is 13.4. The van der Waals surface area contributed by atoms with Crippen molar-refractivity contribution in [1.82, 2.24) is 5.32 Å². The molecule has 0 aromatic heterocycles. The second kappa shape index (κ2) is 7.38. The van der Waals surface area contributed by atoms with Gasteiger partial charge in [-0.3, -0.25) is 9.59 Å². The summed E-state index contributed by atoms with van der Waals surface area (Å²) in [7, 11) is 0. The Kier molecular flexibility index (Phi) is 5.03. The number of carbonyl (C=O) groups is 2. The molecule has 1 aliphatic heterocycles. The third kappa shape index (κ3) is 4.18. The monoisotopic (exact) mass is 337 g/mol. The lowest BCUT2D eigenvalue weighted by molar-refractivity contribution is -0.124. The van der Waals surface area contributed by atoms with Gasteiger partial charge < -0.3 is 16.0 Å². The lowest BCUT2D eigenvalue weighted by atomic mass is 10.0. The van der Waals surface area contributed by atoms with Gasteiger partial charge in [0.25, 0.3) is 0 Å². The van der Waals surface area contributed by atoms with Gasteiger partial charge in [0.1, 0.15) is 6.04 Å². The molecule has 130 valence electrons. The molecule has 25 heavy (non-hydrogen) atoms. The summed E-state index contributed by atoms with van der Waals surface area (Å²) in [5.74, 6) is -0.301. The smallest absolute Gasteiger partial charge is 0.247 e. The van der Waals surface area contributed by atoms with Crippen LogP contribution in [0.3, 0.4) is 0 Å². The van der Waals surface area contributed by atoms with Crippen LogP contribution in [-0.2, 0) is 16.0 Å². The summed E-state index contributed by atoms with van der Waals surface area (Å²) in [5, 5.41) is 8.95. The average molecular weight is 337 g/mol. The number of aryl methyl sites for hydroxylation is 2. The highest BCUT2D eigenvalue weighted by Gasteiger charge is 2.27. The summed E-state index contributed by atoms with van der Waals surface area (Å²) in [4.78, 5) is 24.4. The standard InChI is InChI=1S/C20H23N3O2/c1-13-10-16-17(11-14(13)2)23-20(25)18(22-16)12-19(24)21-9-8-15-6-4-3-5-7-15/h3-7,10-11,18,22H,8-9,12H2,1-2H3,(H,21,24)(H,23,25). The third-order valence-electron chi connectivity index (χ3n) is 4.51. The highest BCUT2D eigenvalue weighted by molar-refractivity contribution is 6.05. The SMILES string of the molecule is Cc1cc2c(cc1C)NC(CC(=O)NCCc1ccccc1)C(=O)N2. The van der Waals surface area contributed by atoms with Crippen LogP contribution in [0.25, 0.3) is 0 Å². The number of carbonyl (C=O) groups excluding carboxylic acids is 2. The highest BCUT2D eigenvalue weighted by Crippen LogP contribution is 2.30. The molecule has 2 amide bonds. The number of amides is 2. The van der Waals surface area contributed by atoms with E-state index < -0.39 is 6.04 Å². The Labute approximate surface area is 147 Å². The van der Waals surface area contributed by atoms with Gasteiger partial charge >= 0.3 is 0 Å². The van der Waals surface area contributed by atoms with E-state index in [4.69, 9.17) is 0 Å². The molecule has 0 aliphatic carbocycles. The molecule has 0 spiro atoms. The van der Waals surface area contributed by atoms with Gasteiger partial charge in [-0.25, -0.2) is 0 Å². The zero-order valence-electron chi connectivity index (χ0n) is 14.6. The Morgan fingerprint density at radius 2 is 1.76 bits per heavy atom. The van der Waals surface area contributed by atoms with Crippen molar-refractivity contribution in [2.45, 2.75) is 32.7 Å². The molecule has 5 nitrogen and oxygen atoms in total. The van der Waals surface area contributed by atoms with E-state index in [-0.39, 0.29) is 18.2 Å². The van der Waals surface area contributed by atoms with Gasteiger partial charge in [0.15, 0.2) is 0 Å². The first kappa shape index (κ1) is 17.0. The summed E-state index contributed by atoms with van der Waals surface area (Å²) in [6.45, 7) is 4.60. The molecule has 0 bridgehead atoms. The molecular formula is C20H23N3O2. The third-order valence-corrected chi connectivity index (χ3v) is 4.51. The largest absolute Gasteiger partial charge is 0.372 e. The number of benzene rings is 2. The van der Waals surface area contributed by atoms with Crippen LogP contribution in [0.5, 0.6) is 0 Å². The minimum atomic E-state index is -0.550. The Hall–Kier alpha value is -2.82. The normalized spacial score (nSPS) is 15.8. The highest BCUT2D eigenvalue weighted by atomic mass is 16.2. The summed E-state index contributed by atoms with van der Waals surface area (Å²) in [6.07, 6.45) is 0.894. The van der Waals surface area contributed by atoms with E-state index >= 15 is 0 Å². The van der Waals surface area contributed by atoms with Crippen LogP contribution >= 0.6 is 0 Å². The molecule has 1 unspecified atom stereocenters. The first-order chi connectivity index (χ1) is 12.0. The molecule has 0 saturated heterocycles. The number of hydrogen-bond acceptors (Lipinski definition) is 3. The van der Waals surface area contributed by atoms with Crippen LogP contribution in [0.15, 0.2) is 42.5 Å². The Balaban J connectivity index is 1.54. The summed E-state index contributed by atoms with van der Waals surface area (Å²) in [5.41, 5.74) is 5.08. The van der Waals surface area contributed by atoms with E-state index in [1.54, 1.807) is 0 Å². The van der Waals surface area contributed by atoms with Crippen LogP contribution < -0.4 is 16.0 Å². The van der Waals surface area contributed by atoms with E-state index in [1.807, 2.05) is 56.3 Å². The minimum Gasteiger partial charge on any atom is -0.372 e. The second-order valence-corrected chi connectivity index (χ2v) is 6.46. The van der Waals surface area contributed by atoms with Gasteiger partial charge in [0, 0.05) is 6.54 Å². The molecule has 2 aromatic carbocycles. The van der Waals surface area contributed by atoms with E-state index in [1.165, 1.54) is 5.56 Å². The van der Waals surface area contributed by atoms with Gasteiger partial charge in [-0.1, -0.05) is 30.3 Å². The fourth-order valence-corrected chi connectivity index (χ4v) is 2.90. The fraction of sp³-hybridized carbons (Fsp3) is 0.300. The maximum Gasteiger partial charge on any atom is 0.247 e. The molecule has 0 saturated carbocycles. The molecule has 0 fully saturated rings. The van der Waals surface area contributed by atoms with Crippen LogP contribution in [0.1, 0.15) is 23.1 Å². The zero-order chi connectivity index (χ0) is 17.8. The van der Waals surface area contributed by atoms with Gasteiger partial charge in [-0.2, -0.15) is 0 Å². The Bertz CT molecular complexity index is 787. The predicted molar refractivity (Wildman–Crippen MR) is 99.7 cm³/mol. The quantitative estimate of drug-likeness (QED) is 0.786. The number of hydrogen-bond donors (Lipinski definition) is 3. The van der Waals surface area contributed by atoms with Crippen molar-refractivity contribution in [3.05, 3.63) is 59.2 Å². The topological polar surface area (TPSA) is 70.2 Å². The van der Waals surface area contributed by atoms with Gasteiger partial charge in [-0.05, 0) is 49.1 Å². The van der Waals surface area contributed by atoms with Crippen LogP contribution in [0.2, 0.25) is 0 Å². The lowest BCUT2D eigenvalue weighted by Crippen LogP contribution is -2.42. The van der Waals surface area contributed by atoms with Gasteiger partial charge in [-0.15, -0.1) is 0 Å². The summed E-state index contributed by atoms with van der Waals surface area (Å²) >= 11 is 0. The average Bonchev–Trinajstić information content (AvgIpc) is 2.58. The van der Waals surface area contributed by atoms with Crippen molar-refractivity contribution >= 4 is 23.2 Å². The molecule has 1 heterocycles. The Morgan fingerprint density at radius 3 is 2.48 bits per heavy atom. The maximum absolute atomic E-state index is 12.2. The van der Waals surface area contributed by atoms with Crippen molar-refractivity contribution < 1.29 is 9.59 Å². The van der Waals surface area contributed by atoms with Crippen LogP contribution in [-0.4, -0.2) is 24.4 Å². The molecule has 2 aromatic rings. The van der Waals surface area contributed by atoms with Crippen molar-refractivity contribution in [3.63, 3.8) is 0 Å². The Morgan fingerprint density at radius 1 is 1.08 bits per heavy atom. The van der Waals surface area contributed by atoms with Crippen LogP contribution in [0, 0.1) is 13.8 Å². The number of nitrogens with one attached hydrogen (secondary N) is 3. The first-order valence-corrected chi connectivity index (χ1v) is 8.52.